The van der Waals surface area contributed by atoms with Crippen LogP contribution in [-0.2, 0) is 12.6 Å². The quantitative estimate of drug-likeness (QED) is 0.761. The number of H-pyrrole nitrogens is 2. The standard InChI is InChI=1S/C13H9F3N4O/c14-13(15,16)11-6-7(19-20-11)5-10-12(21)18-9-4-2-1-3-8(9)17-10/h1-4,6H,5H2,(H,18,21)(H,19,20). The van der Waals surface area contributed by atoms with Crippen LogP contribution in [0.4, 0.5) is 13.2 Å². The number of para-hydroxylation sites is 2. The summed E-state index contributed by atoms with van der Waals surface area (Å²) in [6, 6.07) is 7.80. The van der Waals surface area contributed by atoms with E-state index < -0.39 is 17.4 Å². The molecule has 5 nitrogen and oxygen atoms in total. The molecular formula is C13H9F3N4O. The lowest BCUT2D eigenvalue weighted by molar-refractivity contribution is -0.141. The number of halogens is 3. The summed E-state index contributed by atoms with van der Waals surface area (Å²) >= 11 is 0. The number of nitrogens with one attached hydrogen (secondary N) is 2. The summed E-state index contributed by atoms with van der Waals surface area (Å²) in [5, 5.41) is 5.46. The van der Waals surface area contributed by atoms with Crippen molar-refractivity contribution in [1.29, 1.82) is 0 Å². The SMILES string of the molecule is O=c1[nH]c2ccccc2nc1Cc1cc(C(F)(F)F)n[nH]1. The van der Waals surface area contributed by atoms with Crippen LogP contribution in [0.1, 0.15) is 17.1 Å². The Kier molecular flexibility index (Phi) is 3.00. The maximum absolute atomic E-state index is 12.5. The third-order valence-electron chi connectivity index (χ3n) is 2.95. The normalized spacial score (nSPS) is 12.0. The first kappa shape index (κ1) is 13.3. The first-order chi connectivity index (χ1) is 9.93. The van der Waals surface area contributed by atoms with E-state index in [0.717, 1.165) is 6.07 Å². The molecule has 0 unspecified atom stereocenters. The van der Waals surface area contributed by atoms with Gasteiger partial charge in [0.2, 0.25) is 0 Å². The van der Waals surface area contributed by atoms with E-state index in [1.54, 1.807) is 24.3 Å². The third-order valence-corrected chi connectivity index (χ3v) is 2.95. The van der Waals surface area contributed by atoms with Gasteiger partial charge in [-0.25, -0.2) is 4.98 Å². The lowest BCUT2D eigenvalue weighted by Gasteiger charge is -2.01. The highest BCUT2D eigenvalue weighted by Gasteiger charge is 2.33. The molecule has 0 atom stereocenters. The van der Waals surface area contributed by atoms with Crippen molar-refractivity contribution in [3.8, 4) is 0 Å². The minimum Gasteiger partial charge on any atom is -0.319 e. The van der Waals surface area contributed by atoms with Gasteiger partial charge in [0.25, 0.3) is 5.56 Å². The number of benzene rings is 1. The van der Waals surface area contributed by atoms with Gasteiger partial charge < -0.3 is 4.98 Å². The van der Waals surface area contributed by atoms with Gasteiger partial charge in [0, 0.05) is 12.1 Å². The Bertz CT molecular complexity index is 850. The van der Waals surface area contributed by atoms with Crippen LogP contribution in [0.15, 0.2) is 35.1 Å². The van der Waals surface area contributed by atoms with Crippen LogP contribution in [0, 0.1) is 0 Å². The van der Waals surface area contributed by atoms with Gasteiger partial charge >= 0.3 is 6.18 Å². The predicted octanol–water partition coefficient (Wildman–Crippen LogP) is 2.26. The molecule has 2 aromatic heterocycles. The van der Waals surface area contributed by atoms with E-state index in [1.165, 1.54) is 0 Å². The number of aromatic nitrogens is 4. The summed E-state index contributed by atoms with van der Waals surface area (Å²) in [6.45, 7) is 0. The van der Waals surface area contributed by atoms with Gasteiger partial charge in [-0.15, -0.1) is 0 Å². The van der Waals surface area contributed by atoms with E-state index in [-0.39, 0.29) is 17.8 Å². The molecule has 1 aromatic carbocycles. The number of nitrogens with zero attached hydrogens (tertiary/aromatic N) is 2. The van der Waals surface area contributed by atoms with Gasteiger partial charge in [-0.05, 0) is 18.2 Å². The van der Waals surface area contributed by atoms with E-state index in [2.05, 4.69) is 20.2 Å². The monoisotopic (exact) mass is 294 g/mol. The summed E-state index contributed by atoms with van der Waals surface area (Å²) in [5.74, 6) is 0. The molecule has 0 aliphatic heterocycles. The van der Waals surface area contributed by atoms with Crippen molar-refractivity contribution >= 4 is 11.0 Å². The van der Waals surface area contributed by atoms with Crippen LogP contribution in [0.5, 0.6) is 0 Å². The van der Waals surface area contributed by atoms with Gasteiger partial charge in [0.1, 0.15) is 5.69 Å². The maximum atomic E-state index is 12.5. The van der Waals surface area contributed by atoms with Crippen molar-refractivity contribution in [3.05, 3.63) is 57.8 Å². The highest BCUT2D eigenvalue weighted by atomic mass is 19.4. The molecule has 0 aliphatic rings. The summed E-state index contributed by atoms with van der Waals surface area (Å²) < 4.78 is 37.4. The van der Waals surface area contributed by atoms with E-state index in [9.17, 15) is 18.0 Å². The van der Waals surface area contributed by atoms with Gasteiger partial charge in [0.15, 0.2) is 5.69 Å². The summed E-state index contributed by atoms with van der Waals surface area (Å²) in [6.07, 6.45) is -4.57. The molecule has 0 radical (unpaired) electrons. The van der Waals surface area contributed by atoms with Crippen LogP contribution in [0.25, 0.3) is 11.0 Å². The minimum absolute atomic E-state index is 0.0523. The average molecular weight is 294 g/mol. The zero-order chi connectivity index (χ0) is 15.0. The molecule has 0 bridgehead atoms. The van der Waals surface area contributed by atoms with Crippen molar-refractivity contribution in [2.75, 3.05) is 0 Å². The fraction of sp³-hybridized carbons (Fsp3) is 0.154. The van der Waals surface area contributed by atoms with Gasteiger partial charge in [0.05, 0.1) is 11.0 Å². The molecule has 0 saturated carbocycles. The van der Waals surface area contributed by atoms with Crippen molar-refractivity contribution in [1.82, 2.24) is 20.2 Å². The van der Waals surface area contributed by atoms with Crippen molar-refractivity contribution < 1.29 is 13.2 Å². The second-order valence-corrected chi connectivity index (χ2v) is 4.48. The molecule has 0 fully saturated rings. The van der Waals surface area contributed by atoms with Gasteiger partial charge in [-0.3, -0.25) is 9.89 Å². The summed E-state index contributed by atoms with van der Waals surface area (Å²) in [7, 11) is 0. The van der Waals surface area contributed by atoms with Crippen LogP contribution in [0.2, 0.25) is 0 Å². The van der Waals surface area contributed by atoms with Crippen LogP contribution in [0.3, 0.4) is 0 Å². The van der Waals surface area contributed by atoms with E-state index in [0.29, 0.717) is 11.0 Å². The van der Waals surface area contributed by atoms with Crippen molar-refractivity contribution in [2.24, 2.45) is 0 Å². The molecule has 0 saturated heterocycles. The van der Waals surface area contributed by atoms with Crippen LogP contribution >= 0.6 is 0 Å². The smallest absolute Gasteiger partial charge is 0.319 e. The van der Waals surface area contributed by atoms with E-state index in [1.807, 2.05) is 0 Å². The Morgan fingerprint density at radius 3 is 2.67 bits per heavy atom. The Hall–Kier alpha value is -2.64. The second-order valence-electron chi connectivity index (χ2n) is 4.48. The Morgan fingerprint density at radius 1 is 1.19 bits per heavy atom. The zero-order valence-electron chi connectivity index (χ0n) is 10.5. The molecule has 8 heteroatoms. The molecule has 2 N–H and O–H groups in total. The van der Waals surface area contributed by atoms with Crippen molar-refractivity contribution in [3.63, 3.8) is 0 Å². The first-order valence-corrected chi connectivity index (χ1v) is 6.03. The largest absolute Gasteiger partial charge is 0.435 e. The summed E-state index contributed by atoms with van der Waals surface area (Å²) in [4.78, 5) is 18.7. The lowest BCUT2D eigenvalue weighted by Crippen LogP contribution is -2.15. The van der Waals surface area contributed by atoms with Crippen molar-refractivity contribution in [2.45, 2.75) is 12.6 Å². The molecule has 21 heavy (non-hydrogen) atoms. The molecule has 3 aromatic rings. The number of aromatic amines is 2. The van der Waals surface area contributed by atoms with Gasteiger partial charge in [-0.2, -0.15) is 18.3 Å². The molecule has 0 amide bonds. The summed E-state index contributed by atoms with van der Waals surface area (Å²) in [5.41, 5.74) is 0.00255. The predicted molar refractivity (Wildman–Crippen MR) is 68.8 cm³/mol. The molecule has 2 heterocycles. The highest BCUT2D eigenvalue weighted by molar-refractivity contribution is 5.73. The van der Waals surface area contributed by atoms with Crippen LogP contribution in [-0.4, -0.2) is 20.2 Å². The fourth-order valence-electron chi connectivity index (χ4n) is 1.97. The van der Waals surface area contributed by atoms with Crippen LogP contribution < -0.4 is 5.56 Å². The molecule has 0 spiro atoms. The zero-order valence-corrected chi connectivity index (χ0v) is 10.5. The Morgan fingerprint density at radius 2 is 1.95 bits per heavy atom. The Labute approximate surface area is 115 Å². The lowest BCUT2D eigenvalue weighted by atomic mass is 10.2. The maximum Gasteiger partial charge on any atom is 0.435 e. The number of hydrogen-bond acceptors (Lipinski definition) is 3. The second kappa shape index (κ2) is 4.72. The highest BCUT2D eigenvalue weighted by Crippen LogP contribution is 2.27. The molecule has 0 aliphatic carbocycles. The van der Waals surface area contributed by atoms with E-state index in [4.69, 9.17) is 0 Å². The first-order valence-electron chi connectivity index (χ1n) is 6.03. The minimum atomic E-state index is -4.52. The molecule has 3 rings (SSSR count). The van der Waals surface area contributed by atoms with Gasteiger partial charge in [-0.1, -0.05) is 12.1 Å². The van der Waals surface area contributed by atoms with E-state index >= 15 is 0 Å². The molecular weight excluding hydrogens is 285 g/mol. The molecule has 108 valence electrons. The number of hydrogen-bond donors (Lipinski definition) is 2. The average Bonchev–Trinajstić information content (AvgIpc) is 2.88. The Balaban J connectivity index is 1.96. The number of alkyl halides is 3. The fourth-order valence-corrected chi connectivity index (χ4v) is 1.97. The number of fused-ring (bicyclic) bond motifs is 1. The topological polar surface area (TPSA) is 74.4 Å². The third kappa shape index (κ3) is 2.64. The number of rotatable bonds is 2.